The molecule has 0 radical (unpaired) electrons. The topological polar surface area (TPSA) is 46.5 Å². The maximum absolute atomic E-state index is 11.9. The van der Waals surface area contributed by atoms with Crippen LogP contribution in [-0.2, 0) is 9.53 Å². The lowest BCUT2D eigenvalue weighted by Crippen LogP contribution is -2.36. The van der Waals surface area contributed by atoms with Crippen molar-refractivity contribution in [2.75, 3.05) is 13.2 Å². The molecule has 2 atom stereocenters. The number of rotatable bonds is 3. The van der Waals surface area contributed by atoms with Crippen molar-refractivity contribution in [3.05, 3.63) is 0 Å². The minimum atomic E-state index is -0.117. The molecule has 0 heterocycles. The Hall–Kier alpha value is -0.570. The second-order valence-corrected chi connectivity index (χ2v) is 5.75. The summed E-state index contributed by atoms with van der Waals surface area (Å²) in [6.45, 7) is 6.62. The predicted octanol–water partition coefficient (Wildman–Crippen LogP) is 2.37. The smallest absolute Gasteiger partial charge is 0.309 e. The Morgan fingerprint density at radius 1 is 1.31 bits per heavy atom. The second kappa shape index (κ2) is 5.67. The summed E-state index contributed by atoms with van der Waals surface area (Å²) in [5, 5.41) is 8.66. The predicted molar refractivity (Wildman–Crippen MR) is 62.9 cm³/mol. The Morgan fingerprint density at radius 3 is 2.50 bits per heavy atom. The van der Waals surface area contributed by atoms with E-state index in [2.05, 4.69) is 20.8 Å². The summed E-state index contributed by atoms with van der Waals surface area (Å²) < 4.78 is 5.07. The number of hydrogen-bond donors (Lipinski definition) is 1. The summed E-state index contributed by atoms with van der Waals surface area (Å²) in [6, 6.07) is 0. The van der Waals surface area contributed by atoms with E-state index < -0.39 is 0 Å². The van der Waals surface area contributed by atoms with E-state index in [4.69, 9.17) is 9.84 Å². The molecule has 1 N–H and O–H groups in total. The van der Waals surface area contributed by atoms with Crippen LogP contribution < -0.4 is 0 Å². The summed E-state index contributed by atoms with van der Waals surface area (Å²) in [5.41, 5.74) is 0.156. The zero-order valence-electron chi connectivity index (χ0n) is 10.7. The molecule has 0 amide bonds. The van der Waals surface area contributed by atoms with Crippen LogP contribution in [0.2, 0.25) is 0 Å². The van der Waals surface area contributed by atoms with E-state index >= 15 is 0 Å². The van der Waals surface area contributed by atoms with E-state index in [1.54, 1.807) is 0 Å². The molecule has 2 unspecified atom stereocenters. The quantitative estimate of drug-likeness (QED) is 0.754. The Balaban J connectivity index is 2.63. The maximum atomic E-state index is 11.9. The van der Waals surface area contributed by atoms with Crippen LogP contribution in [0.5, 0.6) is 0 Å². The Morgan fingerprint density at radius 2 is 1.94 bits per heavy atom. The van der Waals surface area contributed by atoms with Crippen molar-refractivity contribution in [2.24, 2.45) is 17.3 Å². The van der Waals surface area contributed by atoms with Gasteiger partial charge in [0, 0.05) is 0 Å². The highest BCUT2D eigenvalue weighted by molar-refractivity contribution is 5.73. The van der Waals surface area contributed by atoms with Gasteiger partial charge in [0.15, 0.2) is 0 Å². The Kier molecular flexibility index (Phi) is 4.78. The van der Waals surface area contributed by atoms with Crippen molar-refractivity contribution < 1.29 is 14.6 Å². The van der Waals surface area contributed by atoms with Gasteiger partial charge in [-0.05, 0) is 24.2 Å². The molecule has 0 aliphatic heterocycles. The number of aliphatic hydroxyl groups excluding tert-OH is 1. The van der Waals surface area contributed by atoms with Crippen LogP contribution in [-0.4, -0.2) is 24.3 Å². The first-order valence-electron chi connectivity index (χ1n) is 6.24. The number of hydrogen-bond acceptors (Lipinski definition) is 3. The molecule has 0 aromatic heterocycles. The number of carbonyl (C=O) groups excluding carboxylic acids is 1. The number of carbonyl (C=O) groups is 1. The highest BCUT2D eigenvalue weighted by Crippen LogP contribution is 2.42. The lowest BCUT2D eigenvalue weighted by molar-refractivity contribution is -0.155. The first-order chi connectivity index (χ1) is 7.46. The molecule has 0 saturated heterocycles. The van der Waals surface area contributed by atoms with Crippen LogP contribution in [0, 0.1) is 17.3 Å². The zero-order chi connectivity index (χ0) is 12.2. The fourth-order valence-corrected chi connectivity index (χ4v) is 2.70. The minimum Gasteiger partial charge on any atom is -0.463 e. The van der Waals surface area contributed by atoms with E-state index in [1.165, 1.54) is 6.42 Å². The van der Waals surface area contributed by atoms with Gasteiger partial charge in [-0.1, -0.05) is 33.6 Å². The van der Waals surface area contributed by atoms with E-state index in [9.17, 15) is 4.79 Å². The molecule has 3 nitrogen and oxygen atoms in total. The average Bonchev–Trinajstić information content (AvgIpc) is 2.24. The summed E-state index contributed by atoms with van der Waals surface area (Å²) in [6.07, 6.45) is 4.38. The van der Waals surface area contributed by atoms with Gasteiger partial charge in [-0.15, -0.1) is 0 Å². The molecular formula is C13H24O3. The van der Waals surface area contributed by atoms with Crippen LogP contribution in [0.3, 0.4) is 0 Å². The van der Waals surface area contributed by atoms with Crippen molar-refractivity contribution in [2.45, 2.75) is 46.5 Å². The van der Waals surface area contributed by atoms with Gasteiger partial charge in [0.05, 0.1) is 12.5 Å². The van der Waals surface area contributed by atoms with Crippen LogP contribution in [0.1, 0.15) is 46.5 Å². The number of aliphatic hydroxyl groups is 1. The molecule has 1 aliphatic carbocycles. The molecule has 0 spiro atoms. The van der Waals surface area contributed by atoms with E-state index in [1.807, 2.05) is 0 Å². The standard InChI is InChI=1S/C13H24O3/c1-13(2,3)11-7-5-4-6-10(11)12(15)16-9-8-14/h10-11,14H,4-9H2,1-3H3. The van der Waals surface area contributed by atoms with Crippen molar-refractivity contribution >= 4 is 5.97 Å². The molecular weight excluding hydrogens is 204 g/mol. The summed E-state index contributed by atoms with van der Waals surface area (Å²) in [4.78, 5) is 11.9. The second-order valence-electron chi connectivity index (χ2n) is 5.75. The van der Waals surface area contributed by atoms with Gasteiger partial charge >= 0.3 is 5.97 Å². The van der Waals surface area contributed by atoms with Crippen molar-refractivity contribution in [3.63, 3.8) is 0 Å². The third kappa shape index (κ3) is 3.48. The minimum absolute atomic E-state index is 0.0281. The van der Waals surface area contributed by atoms with Gasteiger partial charge in [0.1, 0.15) is 6.61 Å². The largest absolute Gasteiger partial charge is 0.463 e. The van der Waals surface area contributed by atoms with Gasteiger partial charge in [0.2, 0.25) is 0 Å². The molecule has 94 valence electrons. The van der Waals surface area contributed by atoms with Crippen molar-refractivity contribution in [3.8, 4) is 0 Å². The fourth-order valence-electron chi connectivity index (χ4n) is 2.70. The molecule has 16 heavy (non-hydrogen) atoms. The van der Waals surface area contributed by atoms with E-state index in [0.29, 0.717) is 5.92 Å². The SMILES string of the molecule is CC(C)(C)C1CCCCC1C(=O)OCCO. The summed E-state index contributed by atoms with van der Waals surface area (Å²) in [5.74, 6) is 0.321. The van der Waals surface area contributed by atoms with E-state index in [-0.39, 0.29) is 30.5 Å². The number of ether oxygens (including phenoxy) is 1. The Labute approximate surface area is 98.2 Å². The normalized spacial score (nSPS) is 26.5. The lowest BCUT2D eigenvalue weighted by Gasteiger charge is -2.39. The molecule has 3 heteroatoms. The summed E-state index contributed by atoms with van der Waals surface area (Å²) >= 11 is 0. The van der Waals surface area contributed by atoms with Gasteiger partial charge in [0.25, 0.3) is 0 Å². The van der Waals surface area contributed by atoms with Crippen molar-refractivity contribution in [1.29, 1.82) is 0 Å². The molecule has 1 rings (SSSR count). The molecule has 1 aliphatic rings. The van der Waals surface area contributed by atoms with Gasteiger partial charge in [-0.25, -0.2) is 0 Å². The van der Waals surface area contributed by atoms with Crippen molar-refractivity contribution in [1.82, 2.24) is 0 Å². The third-order valence-electron chi connectivity index (χ3n) is 3.52. The van der Waals surface area contributed by atoms with Crippen LogP contribution >= 0.6 is 0 Å². The van der Waals surface area contributed by atoms with E-state index in [0.717, 1.165) is 19.3 Å². The molecule has 0 bridgehead atoms. The van der Waals surface area contributed by atoms with Crippen LogP contribution in [0.15, 0.2) is 0 Å². The van der Waals surface area contributed by atoms with Crippen LogP contribution in [0.25, 0.3) is 0 Å². The van der Waals surface area contributed by atoms with Gasteiger partial charge in [-0.2, -0.15) is 0 Å². The maximum Gasteiger partial charge on any atom is 0.309 e. The molecule has 0 aromatic rings. The highest BCUT2D eigenvalue weighted by Gasteiger charge is 2.38. The zero-order valence-corrected chi connectivity index (χ0v) is 10.7. The lowest BCUT2D eigenvalue weighted by atomic mass is 9.66. The summed E-state index contributed by atoms with van der Waals surface area (Å²) in [7, 11) is 0. The molecule has 1 saturated carbocycles. The van der Waals surface area contributed by atoms with Crippen LogP contribution in [0.4, 0.5) is 0 Å². The van der Waals surface area contributed by atoms with Gasteiger partial charge < -0.3 is 9.84 Å². The average molecular weight is 228 g/mol. The monoisotopic (exact) mass is 228 g/mol. The van der Waals surface area contributed by atoms with Gasteiger partial charge in [-0.3, -0.25) is 4.79 Å². The molecule has 1 fully saturated rings. The molecule has 0 aromatic carbocycles. The first kappa shape index (κ1) is 13.5. The third-order valence-corrected chi connectivity index (χ3v) is 3.52. The number of esters is 1. The Bertz CT molecular complexity index is 230. The first-order valence-corrected chi connectivity index (χ1v) is 6.24. The highest BCUT2D eigenvalue weighted by atomic mass is 16.5. The fraction of sp³-hybridized carbons (Fsp3) is 0.923.